The third-order valence-corrected chi connectivity index (χ3v) is 3.57. The third kappa shape index (κ3) is 3.24. The predicted molar refractivity (Wildman–Crippen MR) is 54.9 cm³/mol. The van der Waals surface area contributed by atoms with Crippen LogP contribution in [0.2, 0.25) is 0 Å². The van der Waals surface area contributed by atoms with Crippen LogP contribution < -0.4 is 4.72 Å². The van der Waals surface area contributed by atoms with Crippen LogP contribution in [-0.2, 0) is 21.4 Å². The van der Waals surface area contributed by atoms with Crippen molar-refractivity contribution >= 4 is 16.0 Å². The van der Waals surface area contributed by atoms with Crippen LogP contribution in [-0.4, -0.2) is 34.9 Å². The molecule has 0 aliphatic heterocycles. The first-order valence-corrected chi connectivity index (χ1v) is 5.96. The van der Waals surface area contributed by atoms with Crippen molar-refractivity contribution in [1.29, 1.82) is 0 Å². The molecule has 0 aliphatic carbocycles. The van der Waals surface area contributed by atoms with Crippen LogP contribution in [0.4, 0.5) is 0 Å². The van der Waals surface area contributed by atoms with Crippen molar-refractivity contribution in [3.63, 3.8) is 0 Å². The molecule has 1 unspecified atom stereocenters. The second-order valence-corrected chi connectivity index (χ2v) is 5.15. The second kappa shape index (κ2) is 4.99. The van der Waals surface area contributed by atoms with Gasteiger partial charge in [0.1, 0.15) is 0 Å². The molecule has 0 fully saturated rings. The number of aromatic nitrogens is 2. The number of carboxylic acid groups (broad SMARTS) is 1. The first-order valence-electron chi connectivity index (χ1n) is 4.41. The number of hydrogen-bond donors (Lipinski definition) is 2. The van der Waals surface area contributed by atoms with Gasteiger partial charge < -0.3 is 5.11 Å². The van der Waals surface area contributed by atoms with Gasteiger partial charge in [-0.3, -0.25) is 4.79 Å². The summed E-state index contributed by atoms with van der Waals surface area (Å²) in [5, 5.41) is 14.3. The number of nitrogens with one attached hydrogen (secondary N) is 1. The minimum atomic E-state index is -3.88. The van der Waals surface area contributed by atoms with Crippen molar-refractivity contribution in [2.45, 2.75) is 18.7 Å². The molecule has 0 radical (unpaired) electrons. The van der Waals surface area contributed by atoms with Gasteiger partial charge in [0.05, 0.1) is 12.2 Å². The van der Waals surface area contributed by atoms with E-state index in [-0.39, 0.29) is 6.54 Å². The number of aliphatic carboxylic acids is 1. The highest BCUT2D eigenvalue weighted by Gasteiger charge is 2.27. The molecule has 0 amide bonds. The van der Waals surface area contributed by atoms with Gasteiger partial charge in [-0.25, -0.2) is 13.1 Å². The fourth-order valence-electron chi connectivity index (χ4n) is 0.860. The SMILES string of the molecule is CC(C(=O)O)S(=O)(=O)NCc1cccnn1. The second-order valence-electron chi connectivity index (χ2n) is 3.06. The Morgan fingerprint density at radius 2 is 2.31 bits per heavy atom. The fraction of sp³-hybridized carbons (Fsp3) is 0.375. The van der Waals surface area contributed by atoms with Gasteiger partial charge in [-0.05, 0) is 19.1 Å². The minimum Gasteiger partial charge on any atom is -0.480 e. The zero-order valence-electron chi connectivity index (χ0n) is 8.49. The van der Waals surface area contributed by atoms with E-state index in [1.54, 1.807) is 12.1 Å². The molecule has 7 nitrogen and oxygen atoms in total. The lowest BCUT2D eigenvalue weighted by Gasteiger charge is -2.09. The van der Waals surface area contributed by atoms with Gasteiger partial charge in [-0.2, -0.15) is 10.2 Å². The van der Waals surface area contributed by atoms with E-state index in [0.29, 0.717) is 5.69 Å². The van der Waals surface area contributed by atoms with E-state index in [1.165, 1.54) is 6.20 Å². The number of carboxylic acids is 1. The van der Waals surface area contributed by atoms with Crippen molar-refractivity contribution in [2.24, 2.45) is 0 Å². The molecule has 0 saturated heterocycles. The Labute approximate surface area is 92.6 Å². The van der Waals surface area contributed by atoms with Gasteiger partial charge in [0.2, 0.25) is 10.0 Å². The van der Waals surface area contributed by atoms with Crippen LogP contribution in [0.5, 0.6) is 0 Å². The molecule has 8 heteroatoms. The first kappa shape index (κ1) is 12.5. The molecule has 1 heterocycles. The van der Waals surface area contributed by atoms with Crippen LogP contribution in [0, 0.1) is 0 Å². The highest BCUT2D eigenvalue weighted by Crippen LogP contribution is 2.00. The first-order chi connectivity index (χ1) is 7.43. The minimum absolute atomic E-state index is 0.0756. The fourth-order valence-corrected chi connectivity index (χ4v) is 1.72. The highest BCUT2D eigenvalue weighted by atomic mass is 32.2. The molecule has 88 valence electrons. The average Bonchev–Trinajstić information content (AvgIpc) is 2.27. The number of sulfonamides is 1. The third-order valence-electron chi connectivity index (χ3n) is 1.90. The van der Waals surface area contributed by atoms with Crippen molar-refractivity contribution in [3.8, 4) is 0 Å². The van der Waals surface area contributed by atoms with Gasteiger partial charge in [0.25, 0.3) is 0 Å². The molecule has 2 N–H and O–H groups in total. The Kier molecular flexibility index (Phi) is 3.91. The standard InChI is InChI=1S/C8H11N3O4S/c1-6(8(12)13)16(14,15)10-5-7-3-2-4-9-11-7/h2-4,6,10H,5H2,1H3,(H,12,13). The molecular weight excluding hydrogens is 234 g/mol. The van der Waals surface area contributed by atoms with E-state index >= 15 is 0 Å². The Hall–Kier alpha value is -1.54. The summed E-state index contributed by atoms with van der Waals surface area (Å²) in [5.74, 6) is -1.40. The monoisotopic (exact) mass is 245 g/mol. The summed E-state index contributed by atoms with van der Waals surface area (Å²) < 4.78 is 25.0. The van der Waals surface area contributed by atoms with E-state index in [4.69, 9.17) is 5.11 Å². The molecule has 1 atom stereocenters. The molecular formula is C8H11N3O4S. The van der Waals surface area contributed by atoms with Gasteiger partial charge >= 0.3 is 5.97 Å². The van der Waals surface area contributed by atoms with Crippen LogP contribution in [0.25, 0.3) is 0 Å². The van der Waals surface area contributed by atoms with Crippen LogP contribution in [0.1, 0.15) is 12.6 Å². The molecule has 0 saturated carbocycles. The molecule has 0 spiro atoms. The van der Waals surface area contributed by atoms with Crippen molar-refractivity contribution < 1.29 is 18.3 Å². The molecule has 16 heavy (non-hydrogen) atoms. The van der Waals surface area contributed by atoms with E-state index in [0.717, 1.165) is 6.92 Å². The van der Waals surface area contributed by atoms with Crippen molar-refractivity contribution in [3.05, 3.63) is 24.0 Å². The zero-order valence-corrected chi connectivity index (χ0v) is 9.31. The van der Waals surface area contributed by atoms with E-state index in [2.05, 4.69) is 14.9 Å². The molecule has 0 bridgehead atoms. The summed E-state index contributed by atoms with van der Waals surface area (Å²) in [7, 11) is -3.88. The highest BCUT2D eigenvalue weighted by molar-refractivity contribution is 7.90. The largest absolute Gasteiger partial charge is 0.480 e. The molecule has 0 aromatic carbocycles. The maximum atomic E-state index is 11.4. The molecule has 1 rings (SSSR count). The molecule has 1 aromatic heterocycles. The summed E-state index contributed by atoms with van der Waals surface area (Å²) in [6.07, 6.45) is 1.46. The van der Waals surface area contributed by atoms with Crippen LogP contribution in [0.3, 0.4) is 0 Å². The Morgan fingerprint density at radius 1 is 1.62 bits per heavy atom. The molecule has 0 aliphatic rings. The van der Waals surface area contributed by atoms with Gasteiger partial charge in [0, 0.05) is 6.20 Å². The van der Waals surface area contributed by atoms with Crippen molar-refractivity contribution in [1.82, 2.24) is 14.9 Å². The lowest BCUT2D eigenvalue weighted by atomic mass is 10.4. The summed E-state index contributed by atoms with van der Waals surface area (Å²) in [4.78, 5) is 10.5. The lowest BCUT2D eigenvalue weighted by Crippen LogP contribution is -2.37. The molecule has 1 aromatic rings. The van der Waals surface area contributed by atoms with Gasteiger partial charge in [0.15, 0.2) is 5.25 Å². The van der Waals surface area contributed by atoms with E-state index < -0.39 is 21.2 Å². The maximum absolute atomic E-state index is 11.4. The summed E-state index contributed by atoms with van der Waals surface area (Å²) in [6.45, 7) is 1.02. The van der Waals surface area contributed by atoms with Crippen LogP contribution in [0.15, 0.2) is 18.3 Å². The van der Waals surface area contributed by atoms with Gasteiger partial charge in [-0.1, -0.05) is 0 Å². The van der Waals surface area contributed by atoms with Crippen molar-refractivity contribution in [2.75, 3.05) is 0 Å². The number of nitrogens with zero attached hydrogens (tertiary/aromatic N) is 2. The van der Waals surface area contributed by atoms with E-state index in [1.807, 2.05) is 0 Å². The Bertz CT molecular complexity index is 459. The topological polar surface area (TPSA) is 109 Å². The average molecular weight is 245 g/mol. The normalized spacial score (nSPS) is 13.3. The Morgan fingerprint density at radius 3 is 2.81 bits per heavy atom. The smallest absolute Gasteiger partial charge is 0.323 e. The van der Waals surface area contributed by atoms with Crippen LogP contribution >= 0.6 is 0 Å². The van der Waals surface area contributed by atoms with E-state index in [9.17, 15) is 13.2 Å². The number of rotatable bonds is 5. The Balaban J connectivity index is 2.65. The number of carbonyl (C=O) groups is 1. The van der Waals surface area contributed by atoms with Gasteiger partial charge in [-0.15, -0.1) is 0 Å². The quantitative estimate of drug-likeness (QED) is 0.714. The predicted octanol–water partition coefficient (Wildman–Crippen LogP) is -0.631. The summed E-state index contributed by atoms with van der Waals surface area (Å²) in [6, 6.07) is 3.19. The summed E-state index contributed by atoms with van der Waals surface area (Å²) >= 11 is 0. The summed E-state index contributed by atoms with van der Waals surface area (Å²) in [5.41, 5.74) is 0.420. The number of hydrogen-bond acceptors (Lipinski definition) is 5. The maximum Gasteiger partial charge on any atom is 0.323 e. The lowest BCUT2D eigenvalue weighted by molar-refractivity contribution is -0.136. The zero-order chi connectivity index (χ0) is 12.2.